The zero-order chi connectivity index (χ0) is 26.6. The van der Waals surface area contributed by atoms with Crippen LogP contribution in [-0.4, -0.2) is 54.3 Å². The van der Waals surface area contributed by atoms with Crippen molar-refractivity contribution in [1.82, 2.24) is 5.32 Å². The summed E-state index contributed by atoms with van der Waals surface area (Å²) in [5.74, 6) is 1.43. The normalized spacial score (nSPS) is 14.5. The second kappa shape index (κ2) is 11.0. The van der Waals surface area contributed by atoms with Gasteiger partial charge in [0.05, 0.1) is 31.3 Å². The van der Waals surface area contributed by atoms with Crippen molar-refractivity contribution in [2.75, 3.05) is 38.2 Å². The fourth-order valence-electron chi connectivity index (χ4n) is 4.09. The molecule has 10 heteroatoms. The van der Waals surface area contributed by atoms with Crippen molar-refractivity contribution in [1.29, 1.82) is 0 Å². The molecule has 3 aromatic rings. The number of ether oxygens (including phenoxy) is 4. The summed E-state index contributed by atoms with van der Waals surface area (Å²) in [4.78, 5) is 13.0. The number of fused-ring (bicyclic) bond motifs is 1. The highest BCUT2D eigenvalue weighted by Crippen LogP contribution is 2.33. The van der Waals surface area contributed by atoms with Gasteiger partial charge in [-0.1, -0.05) is 18.2 Å². The van der Waals surface area contributed by atoms with Gasteiger partial charge in [0.25, 0.3) is 10.0 Å². The first-order chi connectivity index (χ1) is 17.7. The second-order valence-electron chi connectivity index (χ2n) is 8.68. The summed E-state index contributed by atoms with van der Waals surface area (Å²) in [5.41, 5.74) is 2.12. The Bertz CT molecular complexity index is 1370. The number of anilines is 1. The molecule has 196 valence electrons. The van der Waals surface area contributed by atoms with Gasteiger partial charge in [-0.05, 0) is 61.4 Å². The summed E-state index contributed by atoms with van der Waals surface area (Å²) in [6, 6.07) is 17.0. The highest BCUT2D eigenvalue weighted by Gasteiger charge is 2.29. The van der Waals surface area contributed by atoms with Crippen LogP contribution in [0.5, 0.6) is 23.0 Å². The molecule has 1 N–H and O–H groups in total. The zero-order valence-electron chi connectivity index (χ0n) is 21.2. The Morgan fingerprint density at radius 2 is 1.65 bits per heavy atom. The van der Waals surface area contributed by atoms with Gasteiger partial charge in [0.2, 0.25) is 5.91 Å². The minimum atomic E-state index is -4.14. The van der Waals surface area contributed by atoms with Gasteiger partial charge in [0.1, 0.15) is 19.3 Å². The summed E-state index contributed by atoms with van der Waals surface area (Å²) < 4.78 is 50.8. The van der Waals surface area contributed by atoms with Crippen LogP contribution in [0.2, 0.25) is 0 Å². The first-order valence-electron chi connectivity index (χ1n) is 11.7. The van der Waals surface area contributed by atoms with Gasteiger partial charge >= 0.3 is 0 Å². The van der Waals surface area contributed by atoms with E-state index in [1.54, 1.807) is 18.2 Å². The number of aryl methyl sites for hydroxylation is 2. The third-order valence-corrected chi connectivity index (χ3v) is 7.59. The van der Waals surface area contributed by atoms with Crippen LogP contribution in [0.3, 0.4) is 0 Å². The van der Waals surface area contributed by atoms with Crippen LogP contribution in [0.15, 0.2) is 65.6 Å². The van der Waals surface area contributed by atoms with E-state index in [1.165, 1.54) is 32.4 Å². The smallest absolute Gasteiger partial charge is 0.264 e. The number of sulfonamides is 1. The number of nitrogens with one attached hydrogen (secondary N) is 1. The molecule has 9 nitrogen and oxygen atoms in total. The largest absolute Gasteiger partial charge is 0.493 e. The lowest BCUT2D eigenvalue weighted by molar-refractivity contribution is -0.120. The van der Waals surface area contributed by atoms with Gasteiger partial charge in [-0.25, -0.2) is 8.42 Å². The molecule has 0 unspecified atom stereocenters. The predicted molar refractivity (Wildman–Crippen MR) is 139 cm³/mol. The van der Waals surface area contributed by atoms with Crippen LogP contribution in [-0.2, 0) is 14.8 Å². The number of para-hydroxylation sites is 2. The fourth-order valence-corrected chi connectivity index (χ4v) is 5.51. The average Bonchev–Trinajstić information content (AvgIpc) is 2.89. The Morgan fingerprint density at radius 3 is 2.32 bits per heavy atom. The van der Waals surface area contributed by atoms with Crippen molar-refractivity contribution in [3.63, 3.8) is 0 Å². The number of hydrogen-bond acceptors (Lipinski definition) is 7. The number of methoxy groups -OCH3 is 2. The molecule has 1 heterocycles. The van der Waals surface area contributed by atoms with Crippen molar-refractivity contribution in [2.45, 2.75) is 24.8 Å². The van der Waals surface area contributed by atoms with E-state index in [1.807, 2.05) is 38.1 Å². The van der Waals surface area contributed by atoms with Gasteiger partial charge in [0.15, 0.2) is 23.0 Å². The molecule has 0 fully saturated rings. The molecule has 0 bridgehead atoms. The predicted octanol–water partition coefficient (Wildman–Crippen LogP) is 3.47. The maximum atomic E-state index is 13.8. The molecular formula is C27H30N2O7S. The highest BCUT2D eigenvalue weighted by molar-refractivity contribution is 7.92. The molecule has 1 atom stereocenters. The first kappa shape index (κ1) is 26.2. The fraction of sp³-hybridized carbons (Fsp3) is 0.296. The minimum absolute atomic E-state index is 0.0299. The van der Waals surface area contributed by atoms with Crippen molar-refractivity contribution < 1.29 is 32.2 Å². The summed E-state index contributed by atoms with van der Waals surface area (Å²) in [6.45, 7) is 3.74. The number of rotatable bonds is 9. The van der Waals surface area contributed by atoms with Gasteiger partial charge in [-0.2, -0.15) is 0 Å². The van der Waals surface area contributed by atoms with E-state index in [-0.39, 0.29) is 23.8 Å². The molecule has 1 amide bonds. The van der Waals surface area contributed by atoms with E-state index in [4.69, 9.17) is 18.9 Å². The first-order valence-corrected chi connectivity index (χ1v) is 13.1. The molecule has 3 aromatic carbocycles. The lowest BCUT2D eigenvalue weighted by atomic mass is 10.1. The van der Waals surface area contributed by atoms with Crippen LogP contribution < -0.4 is 28.6 Å². The van der Waals surface area contributed by atoms with E-state index in [0.717, 1.165) is 15.4 Å². The van der Waals surface area contributed by atoms with Crippen LogP contribution in [0, 0.1) is 13.8 Å². The van der Waals surface area contributed by atoms with E-state index in [0.29, 0.717) is 22.9 Å². The zero-order valence-corrected chi connectivity index (χ0v) is 22.0. The SMILES string of the molecule is COc1ccc(S(=O)(=O)N(CC(=O)NC[C@@H]2COc3ccccc3O2)c2cc(C)cc(C)c2)cc1OC. The standard InChI is InChI=1S/C27H30N2O7S/c1-18-11-19(2)13-20(12-18)29(37(31,32)22-9-10-23(33-3)26(14-22)34-4)16-27(30)28-15-21-17-35-24-7-5-6-8-25(24)36-21/h5-14,21H,15-17H2,1-4H3,(H,28,30)/t21-/m1/s1. The van der Waals surface area contributed by atoms with Crippen molar-refractivity contribution in [2.24, 2.45) is 0 Å². The van der Waals surface area contributed by atoms with E-state index in [2.05, 4.69) is 5.32 Å². The Labute approximate surface area is 217 Å². The highest BCUT2D eigenvalue weighted by atomic mass is 32.2. The summed E-state index contributed by atoms with van der Waals surface area (Å²) in [5, 5.41) is 2.78. The summed E-state index contributed by atoms with van der Waals surface area (Å²) in [7, 11) is -1.24. The third kappa shape index (κ3) is 5.91. The maximum absolute atomic E-state index is 13.8. The average molecular weight is 527 g/mol. The Hall–Kier alpha value is -3.92. The molecule has 37 heavy (non-hydrogen) atoms. The van der Waals surface area contributed by atoms with E-state index >= 15 is 0 Å². The molecule has 1 aliphatic rings. The van der Waals surface area contributed by atoms with Crippen molar-refractivity contribution in [3.8, 4) is 23.0 Å². The molecule has 0 spiro atoms. The molecule has 0 saturated carbocycles. The van der Waals surface area contributed by atoms with Gasteiger partial charge in [0, 0.05) is 6.07 Å². The molecule has 4 rings (SSSR count). The number of hydrogen-bond donors (Lipinski definition) is 1. The van der Waals surface area contributed by atoms with Crippen LogP contribution in [0.4, 0.5) is 5.69 Å². The molecule has 1 aliphatic heterocycles. The van der Waals surface area contributed by atoms with Crippen LogP contribution in [0.25, 0.3) is 0 Å². The number of nitrogens with zero attached hydrogens (tertiary/aromatic N) is 1. The summed E-state index contributed by atoms with van der Waals surface area (Å²) in [6.07, 6.45) is -0.407. The van der Waals surface area contributed by atoms with Crippen molar-refractivity contribution in [3.05, 3.63) is 71.8 Å². The minimum Gasteiger partial charge on any atom is -0.493 e. The Morgan fingerprint density at radius 1 is 0.973 bits per heavy atom. The van der Waals surface area contributed by atoms with E-state index in [9.17, 15) is 13.2 Å². The third-order valence-electron chi connectivity index (χ3n) is 5.82. The lowest BCUT2D eigenvalue weighted by Gasteiger charge is -2.28. The van der Waals surface area contributed by atoms with Gasteiger partial charge < -0.3 is 24.3 Å². The number of amides is 1. The molecule has 0 saturated heterocycles. The number of benzene rings is 3. The van der Waals surface area contributed by atoms with Gasteiger partial charge in [-0.15, -0.1) is 0 Å². The van der Waals surface area contributed by atoms with Crippen LogP contribution in [0.1, 0.15) is 11.1 Å². The molecule has 0 aromatic heterocycles. The molecule has 0 radical (unpaired) electrons. The quantitative estimate of drug-likeness (QED) is 0.455. The van der Waals surface area contributed by atoms with Gasteiger partial charge in [-0.3, -0.25) is 9.10 Å². The maximum Gasteiger partial charge on any atom is 0.264 e. The monoisotopic (exact) mass is 526 g/mol. The molecule has 0 aliphatic carbocycles. The number of carbonyl (C=O) groups is 1. The van der Waals surface area contributed by atoms with Crippen molar-refractivity contribution >= 4 is 21.6 Å². The summed E-state index contributed by atoms with van der Waals surface area (Å²) >= 11 is 0. The van der Waals surface area contributed by atoms with E-state index < -0.39 is 28.6 Å². The topological polar surface area (TPSA) is 103 Å². The van der Waals surface area contributed by atoms with Crippen LogP contribution >= 0.6 is 0 Å². The Kier molecular flexibility index (Phi) is 7.77. The Balaban J connectivity index is 1.57. The number of carbonyl (C=O) groups excluding carboxylic acids is 1. The molecular weight excluding hydrogens is 496 g/mol. The lowest BCUT2D eigenvalue weighted by Crippen LogP contribution is -2.45. The second-order valence-corrected chi connectivity index (χ2v) is 10.5.